The predicted octanol–water partition coefficient (Wildman–Crippen LogP) is 5.31. The molecule has 1 heteroatoms. The van der Waals surface area contributed by atoms with Crippen molar-refractivity contribution in [3.05, 3.63) is 53.1 Å². The van der Waals surface area contributed by atoms with Gasteiger partial charge in [-0.15, -0.1) is 0 Å². The van der Waals surface area contributed by atoms with E-state index in [9.17, 15) is 0 Å². The van der Waals surface area contributed by atoms with Crippen LogP contribution in [0.3, 0.4) is 0 Å². The molecule has 1 nitrogen and oxygen atoms in total. The fourth-order valence-corrected chi connectivity index (χ4v) is 3.54. The fourth-order valence-electron chi connectivity index (χ4n) is 3.54. The van der Waals surface area contributed by atoms with Crippen molar-refractivity contribution >= 4 is 5.69 Å². The molecular formula is C20H25N. The highest BCUT2D eigenvalue weighted by Gasteiger charge is 2.35. The van der Waals surface area contributed by atoms with Crippen LogP contribution in [0.25, 0.3) is 11.1 Å². The van der Waals surface area contributed by atoms with E-state index in [2.05, 4.69) is 51.1 Å². The maximum Gasteiger partial charge on any atom is 0.0317 e. The van der Waals surface area contributed by atoms with Gasteiger partial charge in [0, 0.05) is 11.1 Å². The minimum Gasteiger partial charge on any atom is -0.399 e. The zero-order valence-electron chi connectivity index (χ0n) is 13.4. The Morgan fingerprint density at radius 3 is 2.29 bits per heavy atom. The van der Waals surface area contributed by atoms with Crippen LogP contribution >= 0.6 is 0 Å². The first-order valence-electron chi connectivity index (χ1n) is 8.08. The van der Waals surface area contributed by atoms with Gasteiger partial charge in [0.05, 0.1) is 0 Å². The lowest BCUT2D eigenvalue weighted by molar-refractivity contribution is 0.657. The smallest absolute Gasteiger partial charge is 0.0317 e. The SMILES string of the molecule is CCCCCc1ccc2c(c1)C(C)(C)c1cc(N)ccc1-2. The molecule has 0 radical (unpaired) electrons. The van der Waals surface area contributed by atoms with Gasteiger partial charge in [-0.1, -0.05) is 57.9 Å². The summed E-state index contributed by atoms with van der Waals surface area (Å²) in [7, 11) is 0. The molecule has 0 atom stereocenters. The van der Waals surface area contributed by atoms with Gasteiger partial charge in [0.2, 0.25) is 0 Å². The third-order valence-electron chi connectivity index (χ3n) is 4.83. The number of benzene rings is 2. The summed E-state index contributed by atoms with van der Waals surface area (Å²) in [6, 6.07) is 13.4. The van der Waals surface area contributed by atoms with Gasteiger partial charge in [-0.05, 0) is 52.8 Å². The van der Waals surface area contributed by atoms with Gasteiger partial charge in [-0.2, -0.15) is 0 Å². The zero-order chi connectivity index (χ0) is 15.0. The van der Waals surface area contributed by atoms with E-state index in [1.165, 1.54) is 53.5 Å². The van der Waals surface area contributed by atoms with E-state index in [1.807, 2.05) is 6.07 Å². The van der Waals surface area contributed by atoms with Crippen LogP contribution < -0.4 is 5.73 Å². The summed E-state index contributed by atoms with van der Waals surface area (Å²) < 4.78 is 0. The van der Waals surface area contributed by atoms with Crippen LogP contribution in [0.5, 0.6) is 0 Å². The van der Waals surface area contributed by atoms with Gasteiger partial charge in [0.25, 0.3) is 0 Å². The molecule has 0 bridgehead atoms. The first-order chi connectivity index (χ1) is 10.0. The molecule has 0 saturated heterocycles. The number of hydrogen-bond donors (Lipinski definition) is 1. The second-order valence-electron chi connectivity index (χ2n) is 6.77. The maximum atomic E-state index is 6.00. The molecule has 1 aliphatic carbocycles. The first kappa shape index (κ1) is 14.2. The summed E-state index contributed by atoms with van der Waals surface area (Å²) in [5.74, 6) is 0. The highest BCUT2D eigenvalue weighted by atomic mass is 14.5. The van der Waals surface area contributed by atoms with Gasteiger partial charge in [-0.25, -0.2) is 0 Å². The molecule has 0 amide bonds. The third kappa shape index (κ3) is 2.35. The molecule has 0 unspecified atom stereocenters. The first-order valence-corrected chi connectivity index (χ1v) is 8.08. The standard InChI is InChI=1S/C20H25N/c1-4-5-6-7-14-8-10-16-17-11-9-15(21)13-19(17)20(2,3)18(16)12-14/h8-13H,4-7,21H2,1-3H3. The van der Waals surface area contributed by atoms with Crippen molar-refractivity contribution in [1.29, 1.82) is 0 Å². The Morgan fingerprint density at radius 2 is 1.57 bits per heavy atom. The molecule has 0 heterocycles. The minimum absolute atomic E-state index is 0.0564. The second kappa shape index (κ2) is 5.22. The number of aryl methyl sites for hydroxylation is 1. The number of rotatable bonds is 4. The Kier molecular flexibility index (Phi) is 3.52. The lowest BCUT2D eigenvalue weighted by Crippen LogP contribution is -2.15. The molecule has 2 aromatic rings. The molecule has 1 aliphatic rings. The van der Waals surface area contributed by atoms with Crippen LogP contribution in [0.1, 0.15) is 56.7 Å². The number of anilines is 1. The van der Waals surface area contributed by atoms with Crippen LogP contribution in [0.4, 0.5) is 5.69 Å². The van der Waals surface area contributed by atoms with Gasteiger partial charge in [-0.3, -0.25) is 0 Å². The summed E-state index contributed by atoms with van der Waals surface area (Å²) in [6.07, 6.45) is 5.07. The zero-order valence-corrected chi connectivity index (χ0v) is 13.4. The fraction of sp³-hybridized carbons (Fsp3) is 0.400. The van der Waals surface area contributed by atoms with Gasteiger partial charge < -0.3 is 5.73 Å². The summed E-state index contributed by atoms with van der Waals surface area (Å²) in [4.78, 5) is 0. The molecule has 110 valence electrons. The van der Waals surface area contributed by atoms with E-state index in [0.717, 1.165) is 5.69 Å². The van der Waals surface area contributed by atoms with Crippen molar-refractivity contribution in [2.24, 2.45) is 0 Å². The predicted molar refractivity (Wildman–Crippen MR) is 91.6 cm³/mol. The summed E-state index contributed by atoms with van der Waals surface area (Å²) in [6.45, 7) is 6.88. The normalized spacial score (nSPS) is 14.8. The maximum absolute atomic E-state index is 6.00. The molecule has 3 rings (SSSR count). The quantitative estimate of drug-likeness (QED) is 0.596. The topological polar surface area (TPSA) is 26.0 Å². The van der Waals surface area contributed by atoms with E-state index >= 15 is 0 Å². The summed E-state index contributed by atoms with van der Waals surface area (Å²) >= 11 is 0. The second-order valence-corrected chi connectivity index (χ2v) is 6.77. The van der Waals surface area contributed by atoms with Crippen molar-refractivity contribution in [1.82, 2.24) is 0 Å². The average Bonchev–Trinajstić information content (AvgIpc) is 2.68. The van der Waals surface area contributed by atoms with Gasteiger partial charge in [0.1, 0.15) is 0 Å². The van der Waals surface area contributed by atoms with E-state index in [1.54, 1.807) is 0 Å². The van der Waals surface area contributed by atoms with Crippen molar-refractivity contribution < 1.29 is 0 Å². The van der Waals surface area contributed by atoms with Crippen molar-refractivity contribution in [2.75, 3.05) is 5.73 Å². The average molecular weight is 279 g/mol. The van der Waals surface area contributed by atoms with Crippen molar-refractivity contribution in [3.8, 4) is 11.1 Å². The molecule has 0 spiro atoms. The highest BCUT2D eigenvalue weighted by molar-refractivity contribution is 5.82. The minimum atomic E-state index is 0.0564. The molecule has 0 saturated carbocycles. The van der Waals surface area contributed by atoms with Crippen LogP contribution in [0, 0.1) is 0 Å². The van der Waals surface area contributed by atoms with E-state index in [-0.39, 0.29) is 5.41 Å². The highest BCUT2D eigenvalue weighted by Crippen LogP contribution is 2.49. The number of hydrogen-bond acceptors (Lipinski definition) is 1. The Hall–Kier alpha value is -1.76. The molecule has 0 aromatic heterocycles. The molecular weight excluding hydrogens is 254 g/mol. The molecule has 0 fully saturated rings. The molecule has 2 N–H and O–H groups in total. The molecule has 21 heavy (non-hydrogen) atoms. The Balaban J connectivity index is 2.01. The summed E-state index contributed by atoms with van der Waals surface area (Å²) in [5.41, 5.74) is 13.9. The third-order valence-corrected chi connectivity index (χ3v) is 4.83. The molecule has 2 aromatic carbocycles. The van der Waals surface area contributed by atoms with Crippen LogP contribution in [-0.2, 0) is 11.8 Å². The largest absolute Gasteiger partial charge is 0.399 e. The number of nitrogen functional groups attached to an aromatic ring is 1. The summed E-state index contributed by atoms with van der Waals surface area (Å²) in [5, 5.41) is 0. The van der Waals surface area contributed by atoms with Crippen molar-refractivity contribution in [2.45, 2.75) is 51.9 Å². The van der Waals surface area contributed by atoms with Crippen LogP contribution in [0.15, 0.2) is 36.4 Å². The van der Waals surface area contributed by atoms with Crippen molar-refractivity contribution in [3.63, 3.8) is 0 Å². The van der Waals surface area contributed by atoms with E-state index in [4.69, 9.17) is 5.73 Å². The van der Waals surface area contributed by atoms with Gasteiger partial charge >= 0.3 is 0 Å². The molecule has 0 aliphatic heterocycles. The lowest BCUT2D eigenvalue weighted by atomic mass is 9.81. The number of fused-ring (bicyclic) bond motifs is 3. The van der Waals surface area contributed by atoms with Gasteiger partial charge in [0.15, 0.2) is 0 Å². The lowest BCUT2D eigenvalue weighted by Gasteiger charge is -2.22. The van der Waals surface area contributed by atoms with Crippen LogP contribution in [-0.4, -0.2) is 0 Å². The Bertz CT molecular complexity index is 668. The number of nitrogens with two attached hydrogens (primary N) is 1. The monoisotopic (exact) mass is 279 g/mol. The number of unbranched alkanes of at least 4 members (excludes halogenated alkanes) is 2. The Labute approximate surface area is 128 Å². The Morgan fingerprint density at radius 1 is 0.905 bits per heavy atom. The van der Waals surface area contributed by atoms with E-state index in [0.29, 0.717) is 0 Å². The van der Waals surface area contributed by atoms with Crippen LogP contribution in [0.2, 0.25) is 0 Å². The van der Waals surface area contributed by atoms with E-state index < -0.39 is 0 Å².